The number of halogens is 1. The maximum absolute atomic E-state index is 13.3. The topological polar surface area (TPSA) is 63.9 Å². The Kier molecular flexibility index (Phi) is 4.37. The van der Waals surface area contributed by atoms with E-state index in [0.717, 1.165) is 25.9 Å². The minimum absolute atomic E-state index is 0.0938. The van der Waals surface area contributed by atoms with Gasteiger partial charge >= 0.3 is 0 Å². The molecule has 0 saturated carbocycles. The van der Waals surface area contributed by atoms with E-state index in [1.54, 1.807) is 12.1 Å². The fourth-order valence-corrected chi connectivity index (χ4v) is 3.32. The zero-order valence-electron chi connectivity index (χ0n) is 12.1. The first-order valence-electron chi connectivity index (χ1n) is 7.15. The normalized spacial score (nSPS) is 16.0. The van der Waals surface area contributed by atoms with E-state index < -0.39 is 0 Å². The third-order valence-electron chi connectivity index (χ3n) is 3.54. The van der Waals surface area contributed by atoms with Gasteiger partial charge < -0.3 is 4.90 Å². The van der Waals surface area contributed by atoms with Crippen LogP contribution in [0.4, 0.5) is 4.39 Å². The SMILES string of the molecule is C[C@@H](Sc1nnnn1-c1cccc(F)c1)C(=O)N1CCCC1. The third-order valence-corrected chi connectivity index (χ3v) is 4.56. The van der Waals surface area contributed by atoms with Crippen LogP contribution in [0, 0.1) is 5.82 Å². The van der Waals surface area contributed by atoms with E-state index in [4.69, 9.17) is 0 Å². The summed E-state index contributed by atoms with van der Waals surface area (Å²) in [5.74, 6) is -0.263. The number of aromatic nitrogens is 4. The van der Waals surface area contributed by atoms with E-state index >= 15 is 0 Å². The number of thioether (sulfide) groups is 1. The molecule has 0 unspecified atom stereocenters. The summed E-state index contributed by atoms with van der Waals surface area (Å²) < 4.78 is 14.8. The molecule has 22 heavy (non-hydrogen) atoms. The lowest BCUT2D eigenvalue weighted by Gasteiger charge is -2.19. The molecular formula is C14H16FN5OS. The van der Waals surface area contributed by atoms with Gasteiger partial charge in [0.25, 0.3) is 0 Å². The van der Waals surface area contributed by atoms with Gasteiger partial charge in [-0.05, 0) is 48.4 Å². The van der Waals surface area contributed by atoms with Crippen molar-refractivity contribution in [2.24, 2.45) is 0 Å². The van der Waals surface area contributed by atoms with Gasteiger partial charge in [0.1, 0.15) is 5.82 Å². The first-order valence-corrected chi connectivity index (χ1v) is 8.03. The standard InChI is InChI=1S/C14H16FN5OS/c1-10(13(21)19-7-2-3-8-19)22-14-16-17-18-20(14)12-6-4-5-11(15)9-12/h4-6,9-10H,2-3,7-8H2,1H3/t10-/m1/s1. The number of benzene rings is 1. The van der Waals surface area contributed by atoms with Crippen molar-refractivity contribution in [3.63, 3.8) is 0 Å². The summed E-state index contributed by atoms with van der Waals surface area (Å²) in [6.07, 6.45) is 2.12. The Morgan fingerprint density at radius 1 is 1.36 bits per heavy atom. The number of amides is 1. The highest BCUT2D eigenvalue weighted by Gasteiger charge is 2.25. The third kappa shape index (κ3) is 3.11. The lowest BCUT2D eigenvalue weighted by atomic mass is 10.3. The average Bonchev–Trinajstić information content (AvgIpc) is 3.18. The van der Waals surface area contributed by atoms with E-state index in [1.165, 1.54) is 28.6 Å². The molecule has 0 radical (unpaired) electrons. The van der Waals surface area contributed by atoms with Crippen molar-refractivity contribution in [1.29, 1.82) is 0 Å². The Morgan fingerprint density at radius 3 is 2.86 bits per heavy atom. The van der Waals surface area contributed by atoms with Crippen molar-refractivity contribution in [3.05, 3.63) is 30.1 Å². The fraction of sp³-hybridized carbons (Fsp3) is 0.429. The Bertz CT molecular complexity index is 671. The molecule has 0 bridgehead atoms. The van der Waals surface area contributed by atoms with E-state index in [2.05, 4.69) is 15.5 Å². The molecule has 1 amide bonds. The number of nitrogens with zero attached hydrogens (tertiary/aromatic N) is 5. The number of carbonyl (C=O) groups is 1. The maximum atomic E-state index is 13.3. The van der Waals surface area contributed by atoms with Crippen LogP contribution in [-0.4, -0.2) is 49.4 Å². The minimum Gasteiger partial charge on any atom is -0.342 e. The summed E-state index contributed by atoms with van der Waals surface area (Å²) in [6, 6.07) is 6.03. The summed E-state index contributed by atoms with van der Waals surface area (Å²) in [5.41, 5.74) is 0.535. The molecule has 1 aliphatic heterocycles. The number of carbonyl (C=O) groups excluding carboxylic acids is 1. The second-order valence-corrected chi connectivity index (χ2v) is 6.45. The zero-order valence-corrected chi connectivity index (χ0v) is 13.0. The second kappa shape index (κ2) is 6.43. The molecule has 6 nitrogen and oxygen atoms in total. The van der Waals surface area contributed by atoms with Crippen LogP contribution in [0.15, 0.2) is 29.4 Å². The monoisotopic (exact) mass is 321 g/mol. The summed E-state index contributed by atoms with van der Waals surface area (Å²) in [6.45, 7) is 3.48. The van der Waals surface area contributed by atoms with Crippen LogP contribution in [0.5, 0.6) is 0 Å². The average molecular weight is 321 g/mol. The van der Waals surface area contributed by atoms with E-state index in [-0.39, 0.29) is 17.0 Å². The number of hydrogen-bond acceptors (Lipinski definition) is 5. The zero-order chi connectivity index (χ0) is 15.5. The summed E-state index contributed by atoms with van der Waals surface area (Å²) >= 11 is 1.29. The summed E-state index contributed by atoms with van der Waals surface area (Å²) in [4.78, 5) is 14.2. The van der Waals surface area contributed by atoms with Crippen LogP contribution >= 0.6 is 11.8 Å². The molecule has 1 aromatic heterocycles. The van der Waals surface area contributed by atoms with Crippen molar-refractivity contribution in [2.45, 2.75) is 30.2 Å². The molecule has 8 heteroatoms. The van der Waals surface area contributed by atoms with Gasteiger partial charge in [0.05, 0.1) is 10.9 Å². The molecule has 2 heterocycles. The number of likely N-dealkylation sites (tertiary alicyclic amines) is 1. The first kappa shape index (κ1) is 15.0. The Hall–Kier alpha value is -1.96. The van der Waals surface area contributed by atoms with Gasteiger partial charge in [-0.25, -0.2) is 4.39 Å². The molecule has 1 saturated heterocycles. The van der Waals surface area contributed by atoms with Gasteiger partial charge in [0.15, 0.2) is 0 Å². The molecule has 1 atom stereocenters. The predicted molar refractivity (Wildman–Crippen MR) is 80.2 cm³/mol. The molecule has 0 aliphatic carbocycles. The predicted octanol–water partition coefficient (Wildman–Crippen LogP) is 1.90. The second-order valence-electron chi connectivity index (χ2n) is 5.15. The lowest BCUT2D eigenvalue weighted by molar-refractivity contribution is -0.129. The van der Waals surface area contributed by atoms with Gasteiger partial charge in [-0.1, -0.05) is 17.8 Å². The highest BCUT2D eigenvalue weighted by Crippen LogP contribution is 2.25. The molecule has 3 rings (SSSR count). The molecule has 1 aliphatic rings. The Morgan fingerprint density at radius 2 is 2.14 bits per heavy atom. The minimum atomic E-state index is -0.356. The van der Waals surface area contributed by atoms with Crippen molar-refractivity contribution in [2.75, 3.05) is 13.1 Å². The van der Waals surface area contributed by atoms with Crippen LogP contribution in [0.25, 0.3) is 5.69 Å². The molecule has 116 valence electrons. The number of rotatable bonds is 4. The summed E-state index contributed by atoms with van der Waals surface area (Å²) in [5, 5.41) is 11.7. The van der Waals surface area contributed by atoms with Crippen LogP contribution in [0.3, 0.4) is 0 Å². The van der Waals surface area contributed by atoms with Gasteiger partial charge in [-0.2, -0.15) is 4.68 Å². The Balaban J connectivity index is 1.76. The van der Waals surface area contributed by atoms with Gasteiger partial charge in [0, 0.05) is 13.1 Å². The van der Waals surface area contributed by atoms with Gasteiger partial charge in [-0.15, -0.1) is 5.10 Å². The molecule has 1 aromatic carbocycles. The van der Waals surface area contributed by atoms with Gasteiger partial charge in [-0.3, -0.25) is 4.79 Å². The van der Waals surface area contributed by atoms with Crippen LogP contribution in [-0.2, 0) is 4.79 Å². The number of tetrazole rings is 1. The van der Waals surface area contributed by atoms with Gasteiger partial charge in [0.2, 0.25) is 11.1 Å². The lowest BCUT2D eigenvalue weighted by Crippen LogP contribution is -2.34. The maximum Gasteiger partial charge on any atom is 0.235 e. The Labute approximate surface area is 131 Å². The fourth-order valence-electron chi connectivity index (χ4n) is 2.43. The van der Waals surface area contributed by atoms with Crippen LogP contribution in [0.2, 0.25) is 0 Å². The van der Waals surface area contributed by atoms with Crippen molar-refractivity contribution < 1.29 is 9.18 Å². The molecule has 0 N–H and O–H groups in total. The highest BCUT2D eigenvalue weighted by molar-refractivity contribution is 8.00. The molecule has 1 fully saturated rings. The molecule has 2 aromatic rings. The smallest absolute Gasteiger partial charge is 0.235 e. The van der Waals surface area contributed by atoms with E-state index in [9.17, 15) is 9.18 Å². The largest absolute Gasteiger partial charge is 0.342 e. The van der Waals surface area contributed by atoms with Crippen LogP contribution < -0.4 is 0 Å². The van der Waals surface area contributed by atoms with Crippen molar-refractivity contribution in [3.8, 4) is 5.69 Å². The van der Waals surface area contributed by atoms with E-state index in [1.807, 2.05) is 11.8 Å². The summed E-state index contributed by atoms with van der Waals surface area (Å²) in [7, 11) is 0. The first-order chi connectivity index (χ1) is 10.6. The van der Waals surface area contributed by atoms with E-state index in [0.29, 0.717) is 10.8 Å². The van der Waals surface area contributed by atoms with Crippen LogP contribution in [0.1, 0.15) is 19.8 Å². The molecular weight excluding hydrogens is 305 g/mol. The highest BCUT2D eigenvalue weighted by atomic mass is 32.2. The van der Waals surface area contributed by atoms with Crippen molar-refractivity contribution >= 4 is 17.7 Å². The quantitative estimate of drug-likeness (QED) is 0.805. The number of hydrogen-bond donors (Lipinski definition) is 0. The molecule has 0 spiro atoms. The van der Waals surface area contributed by atoms with Crippen molar-refractivity contribution in [1.82, 2.24) is 25.1 Å².